The highest BCUT2D eigenvalue weighted by Gasteiger charge is 2.37. The minimum Gasteiger partial charge on any atom is -0.297 e. The van der Waals surface area contributed by atoms with E-state index in [1.54, 1.807) is 0 Å². The summed E-state index contributed by atoms with van der Waals surface area (Å²) in [5.41, 5.74) is -0.163. The highest BCUT2D eigenvalue weighted by molar-refractivity contribution is 6.52. The second kappa shape index (κ2) is 4.15. The minimum atomic E-state index is -1.18. The summed E-state index contributed by atoms with van der Waals surface area (Å²) in [6.07, 6.45) is 0. The van der Waals surface area contributed by atoms with Gasteiger partial charge in [-0.3, -0.25) is 14.5 Å². The number of fused-ring (bicyclic) bond motifs is 1. The molecule has 1 aromatic carbocycles. The first-order chi connectivity index (χ1) is 9.47. The molecule has 0 fully saturated rings. The Kier molecular flexibility index (Phi) is 2.56. The van der Waals surface area contributed by atoms with Crippen LogP contribution >= 0.6 is 0 Å². The van der Waals surface area contributed by atoms with Gasteiger partial charge in [-0.2, -0.15) is 4.80 Å². The van der Waals surface area contributed by atoms with E-state index < -0.39 is 23.3 Å². The summed E-state index contributed by atoms with van der Waals surface area (Å²) < 4.78 is 26.4. The van der Waals surface area contributed by atoms with Crippen molar-refractivity contribution in [2.24, 2.45) is 7.05 Å². The summed E-state index contributed by atoms with van der Waals surface area (Å²) in [5, 5.41) is 11.1. The molecule has 0 radical (unpaired) electrons. The molecule has 1 aromatic heterocycles. The molecule has 0 unspecified atom stereocenters. The fourth-order valence-electron chi connectivity index (χ4n) is 1.97. The Labute approximate surface area is 110 Å². The van der Waals surface area contributed by atoms with Crippen molar-refractivity contribution in [2.75, 3.05) is 4.90 Å². The zero-order valence-electron chi connectivity index (χ0n) is 10.2. The molecule has 0 N–H and O–H groups in total. The monoisotopic (exact) mass is 279 g/mol. The fraction of sp³-hybridized carbons (Fsp3) is 0.182. The molecule has 1 aliphatic rings. The molecule has 20 heavy (non-hydrogen) atoms. The van der Waals surface area contributed by atoms with E-state index >= 15 is 0 Å². The smallest absolute Gasteiger partial charge is 0.297 e. The molecule has 3 rings (SSSR count). The topological polar surface area (TPSA) is 81.0 Å². The van der Waals surface area contributed by atoms with Crippen molar-refractivity contribution in [3.63, 3.8) is 0 Å². The number of tetrazole rings is 1. The predicted molar refractivity (Wildman–Crippen MR) is 60.7 cm³/mol. The summed E-state index contributed by atoms with van der Waals surface area (Å²) in [6.45, 7) is -0.142. The van der Waals surface area contributed by atoms with Gasteiger partial charge >= 0.3 is 0 Å². The van der Waals surface area contributed by atoms with Gasteiger partial charge in [-0.25, -0.2) is 8.78 Å². The van der Waals surface area contributed by atoms with E-state index in [0.29, 0.717) is 0 Å². The lowest BCUT2D eigenvalue weighted by Gasteiger charge is -2.13. The first-order valence-electron chi connectivity index (χ1n) is 5.55. The van der Waals surface area contributed by atoms with Crippen LogP contribution in [0.4, 0.5) is 14.5 Å². The van der Waals surface area contributed by atoms with Crippen LogP contribution < -0.4 is 4.90 Å². The number of aryl methyl sites for hydroxylation is 1. The molecule has 102 valence electrons. The van der Waals surface area contributed by atoms with Crippen LogP contribution in [-0.4, -0.2) is 31.9 Å². The van der Waals surface area contributed by atoms with Crippen molar-refractivity contribution < 1.29 is 18.4 Å². The number of anilines is 1. The van der Waals surface area contributed by atoms with Crippen LogP contribution in [0.1, 0.15) is 16.2 Å². The molecule has 1 amide bonds. The van der Waals surface area contributed by atoms with Gasteiger partial charge in [0.05, 0.1) is 24.8 Å². The van der Waals surface area contributed by atoms with E-state index in [2.05, 4.69) is 15.4 Å². The largest absolute Gasteiger partial charge is 0.299 e. The third-order valence-corrected chi connectivity index (χ3v) is 2.86. The SMILES string of the molecule is Cn1nnc(CN2C(=O)C(=O)c3cc(F)c(F)cc32)n1. The molecule has 7 nitrogen and oxygen atoms in total. The van der Waals surface area contributed by atoms with Crippen LogP contribution in [0.15, 0.2) is 12.1 Å². The van der Waals surface area contributed by atoms with Gasteiger partial charge in [0, 0.05) is 6.07 Å². The highest BCUT2D eigenvalue weighted by Crippen LogP contribution is 2.31. The fourth-order valence-corrected chi connectivity index (χ4v) is 1.97. The molecular formula is C11H7F2N5O2. The normalized spacial score (nSPS) is 14.1. The lowest BCUT2D eigenvalue weighted by molar-refractivity contribution is -0.114. The van der Waals surface area contributed by atoms with E-state index in [-0.39, 0.29) is 23.6 Å². The Bertz CT molecular complexity index is 742. The van der Waals surface area contributed by atoms with Crippen LogP contribution in [0.2, 0.25) is 0 Å². The number of aromatic nitrogens is 4. The van der Waals surface area contributed by atoms with E-state index in [0.717, 1.165) is 17.0 Å². The first kappa shape index (κ1) is 12.3. The van der Waals surface area contributed by atoms with Crippen LogP contribution in [0, 0.1) is 11.6 Å². The van der Waals surface area contributed by atoms with Gasteiger partial charge in [-0.15, -0.1) is 10.2 Å². The predicted octanol–water partition coefficient (Wildman–Crippen LogP) is 0.218. The zero-order chi connectivity index (χ0) is 14.4. The van der Waals surface area contributed by atoms with Gasteiger partial charge < -0.3 is 0 Å². The van der Waals surface area contributed by atoms with E-state index in [1.807, 2.05) is 0 Å². The number of benzene rings is 1. The maximum absolute atomic E-state index is 13.3. The molecule has 0 atom stereocenters. The molecule has 0 saturated carbocycles. The molecule has 0 aliphatic carbocycles. The molecule has 0 bridgehead atoms. The molecule has 2 aromatic rings. The van der Waals surface area contributed by atoms with Crippen molar-refractivity contribution in [1.29, 1.82) is 0 Å². The van der Waals surface area contributed by atoms with Gasteiger partial charge in [0.25, 0.3) is 11.7 Å². The second-order valence-electron chi connectivity index (χ2n) is 4.20. The Hall–Kier alpha value is -2.71. The van der Waals surface area contributed by atoms with Gasteiger partial charge in [-0.05, 0) is 11.3 Å². The van der Waals surface area contributed by atoms with Gasteiger partial charge in [-0.1, -0.05) is 0 Å². The molecule has 0 saturated heterocycles. The maximum atomic E-state index is 13.3. The van der Waals surface area contributed by atoms with Gasteiger partial charge in [0.15, 0.2) is 17.5 Å². The standard InChI is InChI=1S/C11H7F2N5O2/c1-17-15-9(14-16-17)4-18-8-3-7(13)6(12)2-5(8)10(19)11(18)20/h2-3H,4H2,1H3. The Morgan fingerprint density at radius 2 is 1.90 bits per heavy atom. The number of rotatable bonds is 2. The van der Waals surface area contributed by atoms with E-state index in [4.69, 9.17) is 0 Å². The maximum Gasteiger partial charge on any atom is 0.299 e. The lowest BCUT2D eigenvalue weighted by Crippen LogP contribution is -2.29. The number of nitrogens with zero attached hydrogens (tertiary/aromatic N) is 5. The van der Waals surface area contributed by atoms with Gasteiger partial charge in [0.2, 0.25) is 0 Å². The Morgan fingerprint density at radius 1 is 1.20 bits per heavy atom. The number of hydrogen-bond donors (Lipinski definition) is 0. The summed E-state index contributed by atoms with van der Waals surface area (Å²) in [7, 11) is 1.54. The average Bonchev–Trinajstić information content (AvgIpc) is 2.90. The number of hydrogen-bond acceptors (Lipinski definition) is 5. The first-order valence-corrected chi connectivity index (χ1v) is 5.55. The highest BCUT2D eigenvalue weighted by atomic mass is 19.2. The van der Waals surface area contributed by atoms with Crippen molar-refractivity contribution in [3.05, 3.63) is 35.2 Å². The molecule has 0 spiro atoms. The third-order valence-electron chi connectivity index (χ3n) is 2.86. The van der Waals surface area contributed by atoms with Crippen molar-refractivity contribution in [1.82, 2.24) is 20.2 Å². The van der Waals surface area contributed by atoms with Crippen molar-refractivity contribution in [3.8, 4) is 0 Å². The number of carbonyl (C=O) groups excluding carboxylic acids is 2. The van der Waals surface area contributed by atoms with Crippen LogP contribution in [0.3, 0.4) is 0 Å². The molecule has 9 heteroatoms. The number of ketones is 1. The lowest BCUT2D eigenvalue weighted by atomic mass is 10.1. The molecule has 2 heterocycles. The van der Waals surface area contributed by atoms with E-state index in [9.17, 15) is 18.4 Å². The number of Topliss-reactive ketones (excluding diaryl/α,β-unsaturated/α-hetero) is 1. The summed E-state index contributed by atoms with van der Waals surface area (Å²) in [5.74, 6) is -3.89. The number of halogens is 2. The summed E-state index contributed by atoms with van der Waals surface area (Å²) >= 11 is 0. The van der Waals surface area contributed by atoms with E-state index in [1.165, 1.54) is 11.8 Å². The van der Waals surface area contributed by atoms with Gasteiger partial charge in [0.1, 0.15) is 0 Å². The van der Waals surface area contributed by atoms with Crippen LogP contribution in [0.5, 0.6) is 0 Å². The Morgan fingerprint density at radius 3 is 2.55 bits per heavy atom. The van der Waals surface area contributed by atoms with Crippen molar-refractivity contribution in [2.45, 2.75) is 6.54 Å². The molecule has 1 aliphatic heterocycles. The summed E-state index contributed by atoms with van der Waals surface area (Å²) in [4.78, 5) is 25.8. The van der Waals surface area contributed by atoms with Crippen molar-refractivity contribution >= 4 is 17.4 Å². The quantitative estimate of drug-likeness (QED) is 0.734. The zero-order valence-corrected chi connectivity index (χ0v) is 10.2. The Balaban J connectivity index is 2.03. The van der Waals surface area contributed by atoms with Crippen LogP contribution in [0.25, 0.3) is 0 Å². The molecular weight excluding hydrogens is 272 g/mol. The number of carbonyl (C=O) groups is 2. The summed E-state index contributed by atoms with van der Waals surface area (Å²) in [6, 6.07) is 1.53. The second-order valence-corrected chi connectivity index (χ2v) is 4.20. The third kappa shape index (κ3) is 1.75. The average molecular weight is 279 g/mol. The van der Waals surface area contributed by atoms with Crippen LogP contribution in [-0.2, 0) is 18.4 Å². The number of amides is 1. The minimum absolute atomic E-state index is 0.00588.